The summed E-state index contributed by atoms with van der Waals surface area (Å²) >= 11 is 0. The molecule has 0 aliphatic heterocycles. The largest absolute Gasteiger partial charge is 0.391 e. The summed E-state index contributed by atoms with van der Waals surface area (Å²) in [6.45, 7) is 1.78. The van der Waals surface area contributed by atoms with Crippen LogP contribution in [-0.2, 0) is 4.74 Å². The van der Waals surface area contributed by atoms with Gasteiger partial charge in [0, 0.05) is 25.7 Å². The van der Waals surface area contributed by atoms with Gasteiger partial charge in [0.1, 0.15) is 0 Å². The Morgan fingerprint density at radius 2 is 1.93 bits per heavy atom. The Morgan fingerprint density at radius 3 is 2.53 bits per heavy atom. The molecule has 0 aromatic heterocycles. The second-order valence-electron chi connectivity index (χ2n) is 4.88. The van der Waals surface area contributed by atoms with E-state index in [-0.39, 0.29) is 6.10 Å². The number of rotatable bonds is 5. The molecule has 15 heavy (non-hydrogen) atoms. The molecular formula is C12H23NO2. The van der Waals surface area contributed by atoms with E-state index in [2.05, 4.69) is 4.90 Å². The van der Waals surface area contributed by atoms with E-state index in [1.165, 1.54) is 32.1 Å². The maximum Gasteiger partial charge on any atom is 0.0695 e. The molecule has 0 spiro atoms. The Hall–Kier alpha value is -0.120. The van der Waals surface area contributed by atoms with Gasteiger partial charge in [0.15, 0.2) is 0 Å². The minimum absolute atomic E-state index is 0.101. The zero-order valence-electron chi connectivity index (χ0n) is 9.69. The fourth-order valence-electron chi connectivity index (χ4n) is 2.70. The molecule has 2 rings (SSSR count). The highest BCUT2D eigenvalue weighted by Crippen LogP contribution is 2.33. The summed E-state index contributed by atoms with van der Waals surface area (Å²) in [5.74, 6) is 0. The third-order valence-electron chi connectivity index (χ3n) is 3.69. The number of hydrogen-bond acceptors (Lipinski definition) is 3. The van der Waals surface area contributed by atoms with Crippen molar-refractivity contribution in [3.05, 3.63) is 0 Å². The summed E-state index contributed by atoms with van der Waals surface area (Å²) in [4.78, 5) is 2.49. The molecular weight excluding hydrogens is 190 g/mol. The smallest absolute Gasteiger partial charge is 0.0695 e. The SMILES string of the molecule is COCCN(C1CC1)C1CCCCC1O. The first kappa shape index (κ1) is 11.4. The highest BCUT2D eigenvalue weighted by Gasteiger charge is 2.37. The Morgan fingerprint density at radius 1 is 1.20 bits per heavy atom. The van der Waals surface area contributed by atoms with Crippen LogP contribution in [0.2, 0.25) is 0 Å². The van der Waals surface area contributed by atoms with E-state index in [9.17, 15) is 5.11 Å². The number of ether oxygens (including phenoxy) is 1. The Balaban J connectivity index is 1.89. The molecule has 2 saturated carbocycles. The fraction of sp³-hybridized carbons (Fsp3) is 1.00. The second kappa shape index (κ2) is 5.28. The van der Waals surface area contributed by atoms with Crippen LogP contribution in [-0.4, -0.2) is 48.5 Å². The van der Waals surface area contributed by atoms with Crippen molar-refractivity contribution >= 4 is 0 Å². The van der Waals surface area contributed by atoms with Crippen LogP contribution in [0.15, 0.2) is 0 Å². The summed E-state index contributed by atoms with van der Waals surface area (Å²) in [5, 5.41) is 10.0. The van der Waals surface area contributed by atoms with Crippen LogP contribution in [0.4, 0.5) is 0 Å². The molecule has 0 bridgehead atoms. The second-order valence-corrected chi connectivity index (χ2v) is 4.88. The van der Waals surface area contributed by atoms with Crippen molar-refractivity contribution in [3.8, 4) is 0 Å². The van der Waals surface area contributed by atoms with Crippen LogP contribution in [0.5, 0.6) is 0 Å². The van der Waals surface area contributed by atoms with Gasteiger partial charge in [-0.15, -0.1) is 0 Å². The van der Waals surface area contributed by atoms with E-state index in [1.54, 1.807) is 7.11 Å². The van der Waals surface area contributed by atoms with Crippen molar-refractivity contribution in [2.24, 2.45) is 0 Å². The van der Waals surface area contributed by atoms with Gasteiger partial charge >= 0.3 is 0 Å². The summed E-state index contributed by atoms with van der Waals surface area (Å²) < 4.78 is 5.15. The molecule has 0 amide bonds. The van der Waals surface area contributed by atoms with Crippen molar-refractivity contribution in [2.45, 2.75) is 56.7 Å². The number of hydrogen-bond donors (Lipinski definition) is 1. The predicted octanol–water partition coefficient (Wildman–Crippen LogP) is 1.40. The van der Waals surface area contributed by atoms with Crippen molar-refractivity contribution in [3.63, 3.8) is 0 Å². The maximum absolute atomic E-state index is 10.0. The van der Waals surface area contributed by atoms with Gasteiger partial charge in [-0.1, -0.05) is 12.8 Å². The van der Waals surface area contributed by atoms with E-state index in [1.807, 2.05) is 0 Å². The molecule has 2 unspecified atom stereocenters. The van der Waals surface area contributed by atoms with Crippen molar-refractivity contribution in [1.82, 2.24) is 4.90 Å². The first-order valence-corrected chi connectivity index (χ1v) is 6.25. The number of aliphatic hydroxyl groups excluding tert-OH is 1. The van der Waals surface area contributed by atoms with Crippen LogP contribution in [0.25, 0.3) is 0 Å². The van der Waals surface area contributed by atoms with Gasteiger partial charge in [-0.2, -0.15) is 0 Å². The molecule has 3 nitrogen and oxygen atoms in total. The van der Waals surface area contributed by atoms with Crippen LogP contribution in [0.1, 0.15) is 38.5 Å². The minimum atomic E-state index is -0.101. The fourth-order valence-corrected chi connectivity index (χ4v) is 2.70. The van der Waals surface area contributed by atoms with E-state index in [0.29, 0.717) is 6.04 Å². The van der Waals surface area contributed by atoms with Crippen molar-refractivity contribution < 1.29 is 9.84 Å². The summed E-state index contributed by atoms with van der Waals surface area (Å²) in [7, 11) is 1.75. The molecule has 0 saturated heterocycles. The molecule has 2 aliphatic rings. The van der Waals surface area contributed by atoms with Crippen molar-refractivity contribution in [1.29, 1.82) is 0 Å². The average Bonchev–Trinajstić information content (AvgIpc) is 3.05. The quantitative estimate of drug-likeness (QED) is 0.749. The number of methoxy groups -OCH3 is 1. The first-order chi connectivity index (χ1) is 7.33. The van der Waals surface area contributed by atoms with Gasteiger partial charge in [0.2, 0.25) is 0 Å². The molecule has 0 radical (unpaired) electrons. The molecule has 2 fully saturated rings. The summed E-state index contributed by atoms with van der Waals surface area (Å²) in [5.41, 5.74) is 0. The van der Waals surface area contributed by atoms with Crippen LogP contribution in [0, 0.1) is 0 Å². The molecule has 2 aliphatic carbocycles. The van der Waals surface area contributed by atoms with Gasteiger partial charge in [-0.05, 0) is 25.7 Å². The van der Waals surface area contributed by atoms with Gasteiger partial charge < -0.3 is 9.84 Å². The van der Waals surface area contributed by atoms with Crippen LogP contribution >= 0.6 is 0 Å². The highest BCUT2D eigenvalue weighted by atomic mass is 16.5. The molecule has 88 valence electrons. The van der Waals surface area contributed by atoms with Crippen LogP contribution in [0.3, 0.4) is 0 Å². The Labute approximate surface area is 92.4 Å². The number of aliphatic hydroxyl groups is 1. The lowest BCUT2D eigenvalue weighted by Crippen LogP contribution is -2.47. The third kappa shape index (κ3) is 2.92. The Bertz CT molecular complexity index is 194. The van der Waals surface area contributed by atoms with Gasteiger partial charge in [0.25, 0.3) is 0 Å². The molecule has 0 aromatic rings. The lowest BCUT2D eigenvalue weighted by atomic mass is 9.91. The van der Waals surface area contributed by atoms with Gasteiger partial charge in [0.05, 0.1) is 12.7 Å². The predicted molar refractivity (Wildman–Crippen MR) is 59.9 cm³/mol. The summed E-state index contributed by atoms with van der Waals surface area (Å²) in [6, 6.07) is 1.14. The third-order valence-corrected chi connectivity index (χ3v) is 3.69. The topological polar surface area (TPSA) is 32.7 Å². The Kier molecular flexibility index (Phi) is 4.00. The van der Waals surface area contributed by atoms with Gasteiger partial charge in [-0.3, -0.25) is 4.90 Å². The number of nitrogens with zero attached hydrogens (tertiary/aromatic N) is 1. The minimum Gasteiger partial charge on any atom is -0.391 e. The first-order valence-electron chi connectivity index (χ1n) is 6.25. The molecule has 2 atom stereocenters. The van der Waals surface area contributed by atoms with Crippen molar-refractivity contribution in [2.75, 3.05) is 20.3 Å². The van der Waals surface area contributed by atoms with Crippen LogP contribution < -0.4 is 0 Å². The zero-order chi connectivity index (χ0) is 10.7. The summed E-state index contributed by atoms with van der Waals surface area (Å²) in [6.07, 6.45) is 7.15. The molecule has 0 heterocycles. The molecule has 3 heteroatoms. The average molecular weight is 213 g/mol. The highest BCUT2D eigenvalue weighted by molar-refractivity contribution is 4.92. The lowest BCUT2D eigenvalue weighted by molar-refractivity contribution is 0.00462. The zero-order valence-corrected chi connectivity index (χ0v) is 9.69. The maximum atomic E-state index is 10.0. The van der Waals surface area contributed by atoms with E-state index in [4.69, 9.17) is 4.74 Å². The molecule has 0 aromatic carbocycles. The van der Waals surface area contributed by atoms with Gasteiger partial charge in [-0.25, -0.2) is 0 Å². The standard InChI is InChI=1S/C12H23NO2/c1-15-9-8-13(10-6-7-10)11-4-2-3-5-12(11)14/h10-12,14H,2-9H2,1H3. The lowest BCUT2D eigenvalue weighted by Gasteiger charge is -2.37. The van der Waals surface area contributed by atoms with E-state index in [0.717, 1.165) is 25.6 Å². The van der Waals surface area contributed by atoms with E-state index < -0.39 is 0 Å². The molecule has 1 N–H and O–H groups in total. The monoisotopic (exact) mass is 213 g/mol. The normalized spacial score (nSPS) is 32.2. The van der Waals surface area contributed by atoms with E-state index >= 15 is 0 Å².